The Morgan fingerprint density at radius 1 is 1.17 bits per heavy atom. The molecule has 0 saturated carbocycles. The summed E-state index contributed by atoms with van der Waals surface area (Å²) in [5.41, 5.74) is 2.78. The number of thiazole rings is 1. The number of para-hydroxylation sites is 1. The van der Waals surface area contributed by atoms with Gasteiger partial charge in [0.25, 0.3) is 0 Å². The average molecular weight is 410 g/mol. The van der Waals surface area contributed by atoms with Crippen LogP contribution in [0.2, 0.25) is 0 Å². The van der Waals surface area contributed by atoms with E-state index in [0.717, 1.165) is 27.4 Å². The maximum atomic E-state index is 12.8. The third kappa shape index (κ3) is 3.91. The Morgan fingerprint density at radius 2 is 1.97 bits per heavy atom. The van der Waals surface area contributed by atoms with Gasteiger partial charge in [-0.25, -0.2) is 4.98 Å². The Balaban J connectivity index is 1.51. The highest BCUT2D eigenvalue weighted by atomic mass is 32.1. The fraction of sp³-hybridized carbons (Fsp3) is 0.273. The molecule has 1 N–H and O–H groups in total. The van der Waals surface area contributed by atoms with Crippen LogP contribution < -0.4 is 19.5 Å². The molecule has 1 atom stereocenters. The van der Waals surface area contributed by atoms with Crippen molar-refractivity contribution >= 4 is 22.4 Å². The highest BCUT2D eigenvalue weighted by Crippen LogP contribution is 2.36. The van der Waals surface area contributed by atoms with Gasteiger partial charge in [-0.05, 0) is 43.2 Å². The average Bonchev–Trinajstić information content (AvgIpc) is 3.12. The molecule has 3 aromatic rings. The van der Waals surface area contributed by atoms with E-state index in [4.69, 9.17) is 14.2 Å². The monoisotopic (exact) mass is 410 g/mol. The maximum absolute atomic E-state index is 12.8. The van der Waals surface area contributed by atoms with Crippen molar-refractivity contribution in [3.8, 4) is 28.5 Å². The maximum Gasteiger partial charge on any atom is 0.233 e. The Labute approximate surface area is 173 Å². The van der Waals surface area contributed by atoms with Crippen molar-refractivity contribution in [2.24, 2.45) is 5.92 Å². The minimum absolute atomic E-state index is 0.0767. The molecule has 29 heavy (non-hydrogen) atoms. The first kappa shape index (κ1) is 19.3. The quantitative estimate of drug-likeness (QED) is 0.678. The Hall–Kier alpha value is -3.06. The van der Waals surface area contributed by atoms with Gasteiger partial charge in [0, 0.05) is 10.4 Å². The number of carbonyl (C=O) groups excluding carboxylic acids is 1. The predicted octanol–water partition coefficient (Wildman–Crippen LogP) is 4.33. The molecule has 0 radical (unpaired) electrons. The summed E-state index contributed by atoms with van der Waals surface area (Å²) in [5, 5.41) is 3.54. The van der Waals surface area contributed by atoms with E-state index in [9.17, 15) is 4.79 Å². The zero-order valence-corrected chi connectivity index (χ0v) is 17.3. The number of nitrogens with one attached hydrogen (secondary N) is 1. The summed E-state index contributed by atoms with van der Waals surface area (Å²) in [6.45, 7) is 2.36. The van der Waals surface area contributed by atoms with Crippen molar-refractivity contribution in [3.05, 3.63) is 52.9 Å². The summed E-state index contributed by atoms with van der Waals surface area (Å²) >= 11 is 1.45. The lowest BCUT2D eigenvalue weighted by atomic mass is 9.96. The molecule has 4 rings (SSSR count). The largest absolute Gasteiger partial charge is 0.493 e. The molecule has 1 aliphatic rings. The van der Waals surface area contributed by atoms with E-state index < -0.39 is 0 Å². The number of carbonyl (C=O) groups is 1. The normalized spacial score (nSPS) is 15.2. The Bertz CT molecular complexity index is 1050. The molecular weight excluding hydrogens is 388 g/mol. The fourth-order valence-corrected chi connectivity index (χ4v) is 4.24. The van der Waals surface area contributed by atoms with Crippen molar-refractivity contribution in [1.82, 2.24) is 4.98 Å². The van der Waals surface area contributed by atoms with Crippen LogP contribution in [0.15, 0.2) is 42.5 Å². The number of aryl methyl sites for hydroxylation is 1. The van der Waals surface area contributed by atoms with Crippen LogP contribution in [0.25, 0.3) is 11.3 Å². The number of rotatable bonds is 5. The molecule has 0 saturated heterocycles. The number of benzene rings is 2. The zero-order valence-electron chi connectivity index (χ0n) is 16.5. The highest BCUT2D eigenvalue weighted by Gasteiger charge is 2.26. The minimum Gasteiger partial charge on any atom is -0.493 e. The van der Waals surface area contributed by atoms with Gasteiger partial charge in [0.1, 0.15) is 12.4 Å². The van der Waals surface area contributed by atoms with E-state index in [1.165, 1.54) is 11.3 Å². The summed E-state index contributed by atoms with van der Waals surface area (Å²) in [7, 11) is 3.21. The van der Waals surface area contributed by atoms with Crippen LogP contribution in [-0.4, -0.2) is 31.7 Å². The Morgan fingerprint density at radius 3 is 2.76 bits per heavy atom. The van der Waals surface area contributed by atoms with Crippen molar-refractivity contribution in [1.29, 1.82) is 0 Å². The van der Waals surface area contributed by atoms with Crippen LogP contribution in [0.1, 0.15) is 10.4 Å². The number of ether oxygens (including phenoxy) is 3. The first-order valence-electron chi connectivity index (χ1n) is 9.30. The van der Waals surface area contributed by atoms with Crippen LogP contribution in [0.3, 0.4) is 0 Å². The van der Waals surface area contributed by atoms with E-state index in [1.54, 1.807) is 14.2 Å². The fourth-order valence-electron chi connectivity index (χ4n) is 3.41. The standard InChI is InChI=1S/C22H22N2O4S/c1-13-20(15-8-9-18(26-2)19(11-15)27-3)23-22(29-13)24-21(25)16-10-14-6-4-5-7-17(14)28-12-16/h4-9,11,16H,10,12H2,1-3H3,(H,23,24,25). The molecule has 6 nitrogen and oxygen atoms in total. The number of nitrogens with zero attached hydrogens (tertiary/aromatic N) is 1. The summed E-state index contributed by atoms with van der Waals surface area (Å²) in [5.74, 6) is 1.85. The van der Waals surface area contributed by atoms with Crippen molar-refractivity contribution in [3.63, 3.8) is 0 Å². The third-order valence-electron chi connectivity index (χ3n) is 4.93. The van der Waals surface area contributed by atoms with Gasteiger partial charge in [-0.15, -0.1) is 11.3 Å². The van der Waals surface area contributed by atoms with Crippen LogP contribution in [0.5, 0.6) is 17.2 Å². The summed E-state index contributed by atoms with van der Waals surface area (Å²) in [6, 6.07) is 13.5. The summed E-state index contributed by atoms with van der Waals surface area (Å²) in [6.07, 6.45) is 0.662. The van der Waals surface area contributed by atoms with Gasteiger partial charge in [0.05, 0.1) is 25.8 Å². The molecule has 1 amide bonds. The van der Waals surface area contributed by atoms with Gasteiger partial charge in [0.15, 0.2) is 16.6 Å². The molecule has 2 heterocycles. The van der Waals surface area contributed by atoms with Gasteiger partial charge >= 0.3 is 0 Å². The SMILES string of the molecule is COc1ccc(-c2nc(NC(=O)C3COc4ccccc4C3)sc2C)cc1OC. The van der Waals surface area contributed by atoms with E-state index in [0.29, 0.717) is 29.7 Å². The van der Waals surface area contributed by atoms with Crippen LogP contribution in [0, 0.1) is 12.8 Å². The molecule has 2 aromatic carbocycles. The first-order chi connectivity index (χ1) is 14.1. The van der Waals surface area contributed by atoms with Crippen molar-refractivity contribution in [2.45, 2.75) is 13.3 Å². The van der Waals surface area contributed by atoms with Gasteiger partial charge in [-0.1, -0.05) is 18.2 Å². The van der Waals surface area contributed by atoms with E-state index in [1.807, 2.05) is 49.4 Å². The lowest BCUT2D eigenvalue weighted by Gasteiger charge is -2.24. The molecular formula is C22H22N2O4S. The second-order valence-electron chi connectivity index (χ2n) is 6.80. The lowest BCUT2D eigenvalue weighted by Crippen LogP contribution is -2.32. The second-order valence-corrected chi connectivity index (χ2v) is 8.01. The van der Waals surface area contributed by atoms with Gasteiger partial charge in [0.2, 0.25) is 5.91 Å². The predicted molar refractivity (Wildman–Crippen MR) is 113 cm³/mol. The van der Waals surface area contributed by atoms with Crippen molar-refractivity contribution in [2.75, 3.05) is 26.1 Å². The topological polar surface area (TPSA) is 69.7 Å². The number of aromatic nitrogens is 1. The number of anilines is 1. The highest BCUT2D eigenvalue weighted by molar-refractivity contribution is 7.16. The molecule has 1 unspecified atom stereocenters. The number of methoxy groups -OCH3 is 2. The van der Waals surface area contributed by atoms with Gasteiger partial charge < -0.3 is 19.5 Å². The van der Waals surface area contributed by atoms with Crippen LogP contribution >= 0.6 is 11.3 Å². The number of amides is 1. The molecule has 1 aromatic heterocycles. The third-order valence-corrected chi connectivity index (χ3v) is 5.82. The van der Waals surface area contributed by atoms with Crippen LogP contribution in [-0.2, 0) is 11.2 Å². The smallest absolute Gasteiger partial charge is 0.233 e. The van der Waals surface area contributed by atoms with Gasteiger partial charge in [-0.3, -0.25) is 4.79 Å². The van der Waals surface area contributed by atoms with Crippen LogP contribution in [0.4, 0.5) is 5.13 Å². The summed E-state index contributed by atoms with van der Waals surface area (Å²) in [4.78, 5) is 18.4. The molecule has 7 heteroatoms. The van der Waals surface area contributed by atoms with E-state index >= 15 is 0 Å². The molecule has 0 bridgehead atoms. The first-order valence-corrected chi connectivity index (χ1v) is 10.1. The van der Waals surface area contributed by atoms with E-state index in [-0.39, 0.29) is 11.8 Å². The molecule has 150 valence electrons. The van der Waals surface area contributed by atoms with E-state index in [2.05, 4.69) is 10.3 Å². The lowest BCUT2D eigenvalue weighted by molar-refractivity contribution is -0.121. The molecule has 0 spiro atoms. The van der Waals surface area contributed by atoms with Crippen molar-refractivity contribution < 1.29 is 19.0 Å². The minimum atomic E-state index is -0.237. The second kappa shape index (κ2) is 8.13. The summed E-state index contributed by atoms with van der Waals surface area (Å²) < 4.78 is 16.4. The molecule has 0 fully saturated rings. The molecule has 1 aliphatic heterocycles. The molecule has 0 aliphatic carbocycles. The van der Waals surface area contributed by atoms with Gasteiger partial charge in [-0.2, -0.15) is 0 Å². The number of hydrogen-bond acceptors (Lipinski definition) is 6. The number of hydrogen-bond donors (Lipinski definition) is 1. The zero-order chi connectivity index (χ0) is 20.4. The Kier molecular flexibility index (Phi) is 5.40. The number of fused-ring (bicyclic) bond motifs is 1.